The monoisotopic (exact) mass is 450 g/mol. The summed E-state index contributed by atoms with van der Waals surface area (Å²) in [5.74, 6) is -1.30. The number of nitro benzene ring substituents is 1. The van der Waals surface area contributed by atoms with Gasteiger partial charge in [0.05, 0.1) is 23.0 Å². The van der Waals surface area contributed by atoms with Crippen LogP contribution in [0, 0.1) is 21.4 Å². The molecule has 33 heavy (non-hydrogen) atoms. The van der Waals surface area contributed by atoms with Gasteiger partial charge in [-0.25, -0.2) is 4.79 Å². The van der Waals surface area contributed by atoms with Crippen LogP contribution in [0.5, 0.6) is 0 Å². The molecule has 2 aromatic carbocycles. The summed E-state index contributed by atoms with van der Waals surface area (Å²) >= 11 is 0. The minimum atomic E-state index is -1.14. The number of para-hydroxylation sites is 1. The van der Waals surface area contributed by atoms with E-state index in [9.17, 15) is 19.7 Å². The van der Waals surface area contributed by atoms with Crippen LogP contribution in [-0.4, -0.2) is 42.5 Å². The smallest absolute Gasteiger partial charge is 0.339 e. The Labute approximate surface area is 192 Å². The quantitative estimate of drug-likeness (QED) is 0.338. The van der Waals surface area contributed by atoms with Crippen LogP contribution in [0.3, 0.4) is 0 Å². The van der Waals surface area contributed by atoms with Gasteiger partial charge in [0.15, 0.2) is 6.10 Å². The van der Waals surface area contributed by atoms with Crippen molar-refractivity contribution in [3.8, 4) is 6.07 Å². The van der Waals surface area contributed by atoms with E-state index < -0.39 is 22.9 Å². The molecular formula is C24H26N4O5. The van der Waals surface area contributed by atoms with Crippen LogP contribution in [0.1, 0.15) is 43.0 Å². The second kappa shape index (κ2) is 11.1. The van der Waals surface area contributed by atoms with Crippen LogP contribution >= 0.6 is 0 Å². The third-order valence-corrected chi connectivity index (χ3v) is 5.52. The number of amides is 1. The highest BCUT2D eigenvalue weighted by Crippen LogP contribution is 2.31. The number of anilines is 2. The standard InChI is InChI=1S/C24H26N4O5/c1-18(23(29)27(16-8-13-25)20-9-4-2-5-10-20)33-24(30)19-11-12-21(22(17-19)28(31)32)26-14-6-3-7-15-26/h2,4-5,9-12,17-18H,3,6-8,14-16H2,1H3. The molecule has 1 atom stereocenters. The van der Waals surface area contributed by atoms with Crippen LogP contribution in [0.2, 0.25) is 0 Å². The van der Waals surface area contributed by atoms with Crippen molar-refractivity contribution >= 4 is 28.9 Å². The van der Waals surface area contributed by atoms with Crippen molar-refractivity contribution in [3.05, 3.63) is 64.2 Å². The lowest BCUT2D eigenvalue weighted by molar-refractivity contribution is -0.384. The summed E-state index contributed by atoms with van der Waals surface area (Å²) in [7, 11) is 0. The first kappa shape index (κ1) is 23.7. The molecule has 0 bridgehead atoms. The van der Waals surface area contributed by atoms with Gasteiger partial charge >= 0.3 is 5.97 Å². The molecule has 2 aromatic rings. The van der Waals surface area contributed by atoms with Gasteiger partial charge in [-0.2, -0.15) is 5.26 Å². The molecule has 1 heterocycles. The molecule has 0 aromatic heterocycles. The number of hydrogen-bond donors (Lipinski definition) is 0. The molecule has 9 nitrogen and oxygen atoms in total. The number of rotatable bonds is 8. The molecule has 1 saturated heterocycles. The van der Waals surface area contributed by atoms with E-state index in [2.05, 4.69) is 0 Å². The molecule has 172 valence electrons. The second-order valence-corrected chi connectivity index (χ2v) is 7.79. The highest BCUT2D eigenvalue weighted by Gasteiger charge is 2.28. The van der Waals surface area contributed by atoms with Crippen LogP contribution < -0.4 is 9.80 Å². The molecule has 0 aliphatic carbocycles. The minimum Gasteiger partial charge on any atom is -0.449 e. The van der Waals surface area contributed by atoms with Crippen LogP contribution in [-0.2, 0) is 9.53 Å². The highest BCUT2D eigenvalue weighted by atomic mass is 16.6. The van der Waals surface area contributed by atoms with E-state index in [0.29, 0.717) is 11.4 Å². The third-order valence-electron chi connectivity index (χ3n) is 5.52. The Hall–Kier alpha value is -3.93. The Morgan fingerprint density at radius 2 is 1.88 bits per heavy atom. The Balaban J connectivity index is 1.76. The fourth-order valence-corrected chi connectivity index (χ4v) is 3.83. The number of carbonyl (C=O) groups excluding carboxylic acids is 2. The van der Waals surface area contributed by atoms with Gasteiger partial charge in [0.1, 0.15) is 5.69 Å². The van der Waals surface area contributed by atoms with E-state index in [-0.39, 0.29) is 24.2 Å². The predicted octanol–water partition coefficient (Wildman–Crippen LogP) is 4.08. The number of carbonyl (C=O) groups is 2. The summed E-state index contributed by atoms with van der Waals surface area (Å²) in [6.45, 7) is 3.05. The van der Waals surface area contributed by atoms with Crippen LogP contribution in [0.4, 0.5) is 17.1 Å². The first-order valence-electron chi connectivity index (χ1n) is 10.9. The summed E-state index contributed by atoms with van der Waals surface area (Å²) in [4.78, 5) is 40.2. The van der Waals surface area contributed by atoms with E-state index in [1.54, 1.807) is 36.4 Å². The summed E-state index contributed by atoms with van der Waals surface area (Å²) < 4.78 is 5.35. The van der Waals surface area contributed by atoms with Crippen molar-refractivity contribution in [2.45, 2.75) is 38.7 Å². The summed E-state index contributed by atoms with van der Waals surface area (Å²) in [6.07, 6.45) is 1.99. The minimum absolute atomic E-state index is 0.00500. The lowest BCUT2D eigenvalue weighted by Crippen LogP contribution is -2.40. The Morgan fingerprint density at radius 3 is 2.52 bits per heavy atom. The van der Waals surface area contributed by atoms with Gasteiger partial charge in [0.2, 0.25) is 0 Å². The fraction of sp³-hybridized carbons (Fsp3) is 0.375. The van der Waals surface area contributed by atoms with Crippen molar-refractivity contribution < 1.29 is 19.2 Å². The predicted molar refractivity (Wildman–Crippen MR) is 123 cm³/mol. The molecule has 1 aliphatic rings. The number of nitriles is 1. The lowest BCUT2D eigenvalue weighted by atomic mass is 10.1. The molecule has 1 aliphatic heterocycles. The molecule has 0 saturated carbocycles. The fourth-order valence-electron chi connectivity index (χ4n) is 3.83. The van der Waals surface area contributed by atoms with Crippen molar-refractivity contribution in [1.29, 1.82) is 5.26 Å². The van der Waals surface area contributed by atoms with Crippen molar-refractivity contribution in [3.63, 3.8) is 0 Å². The Bertz CT molecular complexity index is 1040. The number of esters is 1. The Kier molecular flexibility index (Phi) is 7.97. The summed E-state index contributed by atoms with van der Waals surface area (Å²) in [5, 5.41) is 20.6. The molecule has 0 N–H and O–H groups in total. The molecule has 0 radical (unpaired) electrons. The maximum atomic E-state index is 13.0. The zero-order valence-electron chi connectivity index (χ0n) is 18.5. The summed E-state index contributed by atoms with van der Waals surface area (Å²) in [5.41, 5.74) is 0.907. The third kappa shape index (κ3) is 5.86. The van der Waals surface area contributed by atoms with Gasteiger partial charge < -0.3 is 14.5 Å². The van der Waals surface area contributed by atoms with Crippen molar-refractivity contribution in [1.82, 2.24) is 0 Å². The Morgan fingerprint density at radius 1 is 1.18 bits per heavy atom. The lowest BCUT2D eigenvalue weighted by Gasteiger charge is -2.28. The number of piperidine rings is 1. The first-order valence-corrected chi connectivity index (χ1v) is 10.9. The van der Waals surface area contributed by atoms with E-state index in [0.717, 1.165) is 32.4 Å². The molecule has 9 heteroatoms. The number of ether oxygens (including phenoxy) is 1. The zero-order valence-corrected chi connectivity index (χ0v) is 18.5. The number of benzene rings is 2. The van der Waals surface area contributed by atoms with Crippen molar-refractivity contribution in [2.24, 2.45) is 0 Å². The first-order chi connectivity index (χ1) is 15.9. The van der Waals surface area contributed by atoms with E-state index in [1.165, 1.54) is 24.0 Å². The zero-order chi connectivity index (χ0) is 23.8. The SMILES string of the molecule is CC(OC(=O)c1ccc(N2CCCCC2)c([N+](=O)[O-])c1)C(=O)N(CCC#N)c1ccccc1. The van der Waals surface area contributed by atoms with Gasteiger partial charge in [0, 0.05) is 31.4 Å². The van der Waals surface area contributed by atoms with Gasteiger partial charge in [-0.3, -0.25) is 14.9 Å². The molecule has 3 rings (SSSR count). The number of nitro groups is 1. The second-order valence-electron chi connectivity index (χ2n) is 7.79. The average molecular weight is 450 g/mol. The summed E-state index contributed by atoms with van der Waals surface area (Å²) in [6, 6.07) is 15.1. The maximum absolute atomic E-state index is 13.0. The normalized spacial score (nSPS) is 14.1. The van der Waals surface area contributed by atoms with E-state index in [1.807, 2.05) is 11.0 Å². The van der Waals surface area contributed by atoms with Crippen LogP contribution in [0.15, 0.2) is 48.5 Å². The van der Waals surface area contributed by atoms with Gasteiger partial charge in [-0.15, -0.1) is 0 Å². The van der Waals surface area contributed by atoms with Crippen LogP contribution in [0.25, 0.3) is 0 Å². The molecule has 1 amide bonds. The largest absolute Gasteiger partial charge is 0.449 e. The topological polar surface area (TPSA) is 117 Å². The maximum Gasteiger partial charge on any atom is 0.339 e. The van der Waals surface area contributed by atoms with E-state index in [4.69, 9.17) is 10.00 Å². The number of hydrogen-bond acceptors (Lipinski definition) is 7. The van der Waals surface area contributed by atoms with E-state index >= 15 is 0 Å². The van der Waals surface area contributed by atoms with Gasteiger partial charge in [-0.1, -0.05) is 18.2 Å². The molecule has 1 unspecified atom stereocenters. The van der Waals surface area contributed by atoms with Crippen molar-refractivity contribution in [2.75, 3.05) is 29.4 Å². The average Bonchev–Trinajstić information content (AvgIpc) is 2.84. The van der Waals surface area contributed by atoms with Gasteiger partial charge in [-0.05, 0) is 50.5 Å². The molecular weight excluding hydrogens is 424 g/mol. The molecule has 1 fully saturated rings. The molecule has 0 spiro atoms. The number of nitrogens with zero attached hydrogens (tertiary/aromatic N) is 4. The van der Waals surface area contributed by atoms with Gasteiger partial charge in [0.25, 0.3) is 11.6 Å². The highest BCUT2D eigenvalue weighted by molar-refractivity contribution is 5.99.